The smallest absolute Gasteiger partial charge is 0.759 e. The minimum absolute atomic E-state index is 0. The fraction of sp³-hybridized carbons (Fsp3) is 0. The molecule has 0 bridgehead atoms. The Balaban J connectivity index is -0.00000000286. The molecule has 13 heavy (non-hydrogen) atoms. The molecule has 0 heterocycles. The normalized spacial score (nSPS) is 4.46. The third-order valence-corrected chi connectivity index (χ3v) is 0. The van der Waals surface area contributed by atoms with Crippen molar-refractivity contribution in [2.24, 2.45) is 0 Å². The molecule has 0 aromatic heterocycles. The van der Waals surface area contributed by atoms with Gasteiger partial charge < -0.3 is 42.0 Å². The van der Waals surface area contributed by atoms with Crippen LogP contribution in [0.4, 0.5) is 0 Å². The maximum absolute atomic E-state index is 8.52. The van der Waals surface area contributed by atoms with Gasteiger partial charge in [0, 0.05) is 10.4 Å². The maximum Gasteiger partial charge on any atom is 2.00 e. The minimum Gasteiger partial charge on any atom is -0.759 e. The average molecular weight is 268 g/mol. The van der Waals surface area contributed by atoms with E-state index in [4.69, 9.17) is 17.5 Å². The van der Waals surface area contributed by atoms with E-state index < -0.39 is 10.4 Å². The predicted octanol–water partition coefficient (Wildman–Crippen LogP) is -9.66. The molecule has 0 rings (SSSR count). The Morgan fingerprint density at radius 1 is 0.692 bits per heavy atom. The summed E-state index contributed by atoms with van der Waals surface area (Å²) in [6, 6.07) is 0. The monoisotopic (exact) mass is 267 g/mol. The Morgan fingerprint density at radius 3 is 0.692 bits per heavy atom. The molecule has 10 nitrogen and oxygen atoms in total. The van der Waals surface area contributed by atoms with Gasteiger partial charge in [-0.3, -0.25) is 8.42 Å². The molecule has 0 aliphatic carbocycles. The maximum atomic E-state index is 8.52. The van der Waals surface area contributed by atoms with Crippen LogP contribution in [0.1, 0.15) is 0 Å². The SMILES string of the molecule is O.O.O.O.O.O.O=S(=O)([O-])[O-].[K+].[Mg+2]. The first kappa shape index (κ1) is 81.3. The predicted molar refractivity (Wildman–Crippen MR) is 37.9 cm³/mol. The Bertz CT molecular complexity index is 98.1. The molecule has 0 radical (unpaired) electrons. The van der Waals surface area contributed by atoms with Crippen LogP contribution in [-0.4, -0.2) is 73.4 Å². The molecule has 0 aliphatic heterocycles. The van der Waals surface area contributed by atoms with Gasteiger partial charge in [0.2, 0.25) is 0 Å². The van der Waals surface area contributed by atoms with Crippen molar-refractivity contribution >= 4 is 33.5 Å². The van der Waals surface area contributed by atoms with E-state index in [0.717, 1.165) is 0 Å². The van der Waals surface area contributed by atoms with Crippen LogP contribution in [0.2, 0.25) is 0 Å². The standard InChI is InChI=1S/K.Mg.H2O4S.6H2O/c;;1-5(2,3)4;;;;;;/h;;(H2,1,2,3,4);6*1H2/q+1;+2;;;;;;;/p-2. The molecule has 0 fully saturated rings. The summed E-state index contributed by atoms with van der Waals surface area (Å²) in [6.45, 7) is 0. The van der Waals surface area contributed by atoms with Gasteiger partial charge in [-0.1, -0.05) is 0 Å². The van der Waals surface area contributed by atoms with E-state index in [0.29, 0.717) is 0 Å². The summed E-state index contributed by atoms with van der Waals surface area (Å²) in [5.74, 6) is 0. The summed E-state index contributed by atoms with van der Waals surface area (Å²) >= 11 is 0. The van der Waals surface area contributed by atoms with Gasteiger partial charge in [0.15, 0.2) is 0 Å². The molecule has 0 aromatic rings. The number of hydrogen-bond acceptors (Lipinski definition) is 4. The molecule has 0 aliphatic rings. The topological polar surface area (TPSA) is 269 Å². The van der Waals surface area contributed by atoms with Crippen LogP contribution in [0.25, 0.3) is 0 Å². The first-order valence-electron chi connectivity index (χ1n) is 0.667. The van der Waals surface area contributed by atoms with Gasteiger partial charge in [-0.2, -0.15) is 0 Å². The van der Waals surface area contributed by atoms with Crippen molar-refractivity contribution in [2.75, 3.05) is 0 Å². The average Bonchev–Trinajstić information content (AvgIpc) is 0.722. The fourth-order valence-electron chi connectivity index (χ4n) is 0. The Kier molecular flexibility index (Phi) is 231. The fourth-order valence-corrected chi connectivity index (χ4v) is 0. The second-order valence-electron chi connectivity index (χ2n) is 0.408. The zero-order valence-corrected chi connectivity index (χ0v) is 12.1. The minimum atomic E-state index is -5.17. The van der Waals surface area contributed by atoms with Crippen LogP contribution >= 0.6 is 0 Å². The Morgan fingerprint density at radius 2 is 0.692 bits per heavy atom. The van der Waals surface area contributed by atoms with Crippen molar-refractivity contribution < 1.29 is 102 Å². The largest absolute Gasteiger partial charge is 2.00 e. The van der Waals surface area contributed by atoms with Crippen molar-refractivity contribution in [3.05, 3.63) is 0 Å². The summed E-state index contributed by atoms with van der Waals surface area (Å²) in [5, 5.41) is 0. The van der Waals surface area contributed by atoms with E-state index in [1.165, 1.54) is 0 Å². The van der Waals surface area contributed by atoms with Crippen LogP contribution in [0.5, 0.6) is 0 Å². The quantitative estimate of drug-likeness (QED) is 0.234. The van der Waals surface area contributed by atoms with E-state index in [1.54, 1.807) is 0 Å². The van der Waals surface area contributed by atoms with Crippen molar-refractivity contribution in [2.45, 2.75) is 0 Å². The first-order chi connectivity index (χ1) is 2.00. The van der Waals surface area contributed by atoms with Gasteiger partial charge in [0.1, 0.15) is 0 Å². The molecule has 80 valence electrons. The second-order valence-corrected chi connectivity index (χ2v) is 1.22. The van der Waals surface area contributed by atoms with Crippen molar-refractivity contribution in [1.29, 1.82) is 0 Å². The molecule has 12 N–H and O–H groups in total. The van der Waals surface area contributed by atoms with Gasteiger partial charge in [-0.15, -0.1) is 0 Å². The summed E-state index contributed by atoms with van der Waals surface area (Å²) < 4.78 is 34.1. The summed E-state index contributed by atoms with van der Waals surface area (Å²) in [7, 11) is -5.17. The molecule has 13 heteroatoms. The first-order valence-corrected chi connectivity index (χ1v) is 2.00. The van der Waals surface area contributed by atoms with Crippen molar-refractivity contribution in [3.8, 4) is 0 Å². The zero-order valence-electron chi connectivity index (χ0n) is 6.75. The van der Waals surface area contributed by atoms with Crippen molar-refractivity contribution in [1.82, 2.24) is 0 Å². The Labute approximate surface area is 133 Å². The summed E-state index contributed by atoms with van der Waals surface area (Å²) in [4.78, 5) is 0. The van der Waals surface area contributed by atoms with Gasteiger partial charge in [0.05, 0.1) is 0 Å². The van der Waals surface area contributed by atoms with Crippen LogP contribution in [0.15, 0.2) is 0 Å². The molecule has 0 aromatic carbocycles. The van der Waals surface area contributed by atoms with E-state index in [1.807, 2.05) is 0 Å². The molecule has 0 unspecified atom stereocenters. The number of rotatable bonds is 0. The van der Waals surface area contributed by atoms with Crippen LogP contribution in [0, 0.1) is 0 Å². The van der Waals surface area contributed by atoms with Gasteiger partial charge >= 0.3 is 74.4 Å². The molecule has 0 amide bonds. The van der Waals surface area contributed by atoms with Gasteiger partial charge in [0.25, 0.3) is 0 Å². The molecule has 0 spiro atoms. The second kappa shape index (κ2) is 36.9. The molecular formula is H12KMgO10S+. The van der Waals surface area contributed by atoms with Crippen molar-refractivity contribution in [3.63, 3.8) is 0 Å². The summed E-state index contributed by atoms with van der Waals surface area (Å²) in [5.41, 5.74) is 0. The number of hydrogen-bond donors (Lipinski definition) is 0. The third-order valence-electron chi connectivity index (χ3n) is 0. The zero-order chi connectivity index (χ0) is 4.50. The van der Waals surface area contributed by atoms with Crippen LogP contribution in [0.3, 0.4) is 0 Å². The molecule has 0 saturated carbocycles. The van der Waals surface area contributed by atoms with Crippen LogP contribution in [-0.2, 0) is 10.4 Å². The van der Waals surface area contributed by atoms with Gasteiger partial charge in [-0.05, 0) is 0 Å². The van der Waals surface area contributed by atoms with E-state index in [9.17, 15) is 0 Å². The van der Waals surface area contributed by atoms with E-state index in [2.05, 4.69) is 0 Å². The van der Waals surface area contributed by atoms with Gasteiger partial charge in [-0.25, -0.2) is 0 Å². The molecule has 0 saturated heterocycles. The van der Waals surface area contributed by atoms with E-state index in [-0.39, 0.29) is 107 Å². The molecule has 0 atom stereocenters. The Hall–Kier alpha value is 2.03. The van der Waals surface area contributed by atoms with Crippen LogP contribution < -0.4 is 51.4 Å². The van der Waals surface area contributed by atoms with E-state index >= 15 is 0 Å². The third kappa shape index (κ3) is 492. The summed E-state index contributed by atoms with van der Waals surface area (Å²) in [6.07, 6.45) is 0. The molecular weight excluding hydrogens is 255 g/mol.